The van der Waals surface area contributed by atoms with Gasteiger partial charge in [0.2, 0.25) is 0 Å². The Morgan fingerprint density at radius 1 is 1.46 bits per heavy atom. The van der Waals surface area contributed by atoms with Gasteiger partial charge in [0.05, 0.1) is 0 Å². The Bertz CT molecular complexity index is 247. The van der Waals surface area contributed by atoms with Gasteiger partial charge in [-0.1, -0.05) is 13.5 Å². The van der Waals surface area contributed by atoms with E-state index in [0.29, 0.717) is 5.06 Å². The molecule has 13 heavy (non-hydrogen) atoms. The van der Waals surface area contributed by atoms with Gasteiger partial charge in [0.15, 0.2) is 0 Å². The summed E-state index contributed by atoms with van der Waals surface area (Å²) in [5, 5.41) is 0.421. The Hall–Kier alpha value is -1.65. The van der Waals surface area contributed by atoms with E-state index in [2.05, 4.69) is 11.4 Å². The molecule has 0 unspecified atom stereocenters. The second-order valence-electron chi connectivity index (χ2n) is 2.18. The van der Waals surface area contributed by atoms with E-state index in [0.717, 1.165) is 13.0 Å². The molecule has 0 aliphatic carbocycles. The molecule has 0 spiro atoms. The van der Waals surface area contributed by atoms with Crippen molar-refractivity contribution in [1.82, 2.24) is 5.06 Å². The van der Waals surface area contributed by atoms with Crippen molar-refractivity contribution < 1.29 is 19.2 Å². The van der Waals surface area contributed by atoms with E-state index < -0.39 is 17.8 Å². The highest BCUT2D eigenvalue weighted by Crippen LogP contribution is 1.97. The van der Waals surface area contributed by atoms with Crippen LogP contribution >= 0.6 is 0 Å². The van der Waals surface area contributed by atoms with Crippen molar-refractivity contribution in [2.45, 2.75) is 20.3 Å². The summed E-state index contributed by atoms with van der Waals surface area (Å²) in [7, 11) is 0. The molecule has 0 aromatic heterocycles. The number of nitrogens with zero attached hydrogens (tertiary/aromatic N) is 1. The van der Waals surface area contributed by atoms with Crippen LogP contribution in [0.2, 0.25) is 0 Å². The minimum atomic E-state index is -0.836. The van der Waals surface area contributed by atoms with Gasteiger partial charge < -0.3 is 4.84 Å². The second kappa shape index (κ2) is 5.08. The van der Waals surface area contributed by atoms with E-state index in [1.807, 2.05) is 0 Å². The van der Waals surface area contributed by atoms with Crippen LogP contribution in [0.4, 0.5) is 0 Å². The summed E-state index contributed by atoms with van der Waals surface area (Å²) in [6.45, 7) is 5.82. The molecule has 5 heteroatoms. The number of hydrogen-bond acceptors (Lipinski definition) is 4. The summed E-state index contributed by atoms with van der Waals surface area (Å²) >= 11 is 0. The Morgan fingerprint density at radius 2 is 2.00 bits per heavy atom. The molecule has 5 nitrogen and oxygen atoms in total. The molecule has 0 N–H and O–H groups in total. The van der Waals surface area contributed by atoms with Crippen LogP contribution in [0, 0.1) is 0 Å². The molecular weight excluding hydrogens is 174 g/mol. The summed E-state index contributed by atoms with van der Waals surface area (Å²) in [6.07, 6.45) is 0.961. The highest BCUT2D eigenvalue weighted by Gasteiger charge is 2.19. The molecule has 0 bridgehead atoms. The standard InChI is InChI=1S/C8H11NO4/c1-4-7(11)9(6(3)10)13-8(12)5-2/h5H,2,4H2,1,3H3. The fourth-order valence-electron chi connectivity index (χ4n) is 0.562. The lowest BCUT2D eigenvalue weighted by atomic mass is 10.4. The largest absolute Gasteiger partial charge is 0.356 e. The number of amides is 2. The number of hydrogen-bond donors (Lipinski definition) is 0. The summed E-state index contributed by atoms with van der Waals surface area (Å²) in [5.41, 5.74) is 0. The fourth-order valence-corrected chi connectivity index (χ4v) is 0.562. The van der Waals surface area contributed by atoms with Crippen molar-refractivity contribution in [2.24, 2.45) is 0 Å². The first-order valence-electron chi connectivity index (χ1n) is 3.70. The Labute approximate surface area is 75.9 Å². The zero-order valence-corrected chi connectivity index (χ0v) is 7.57. The Kier molecular flexibility index (Phi) is 4.43. The van der Waals surface area contributed by atoms with Gasteiger partial charge in [-0.05, 0) is 0 Å². The minimum Gasteiger partial charge on any atom is -0.326 e. The number of carbonyl (C=O) groups is 3. The van der Waals surface area contributed by atoms with Gasteiger partial charge in [-0.2, -0.15) is 0 Å². The quantitative estimate of drug-likeness (QED) is 0.462. The molecule has 0 aromatic carbocycles. The maximum atomic E-state index is 11.0. The first-order valence-corrected chi connectivity index (χ1v) is 3.70. The van der Waals surface area contributed by atoms with E-state index >= 15 is 0 Å². The zero-order chi connectivity index (χ0) is 10.4. The third-order valence-electron chi connectivity index (χ3n) is 1.16. The first kappa shape index (κ1) is 11.4. The average Bonchev–Trinajstić information content (AvgIpc) is 2.11. The Balaban J connectivity index is 4.44. The van der Waals surface area contributed by atoms with Crippen molar-refractivity contribution in [3.8, 4) is 0 Å². The lowest BCUT2D eigenvalue weighted by Crippen LogP contribution is -2.36. The number of hydroxylamine groups is 2. The van der Waals surface area contributed by atoms with Crippen LogP contribution in [-0.4, -0.2) is 22.8 Å². The van der Waals surface area contributed by atoms with Gasteiger partial charge in [-0.25, -0.2) is 4.79 Å². The van der Waals surface area contributed by atoms with Crippen LogP contribution in [0.1, 0.15) is 20.3 Å². The van der Waals surface area contributed by atoms with E-state index in [9.17, 15) is 14.4 Å². The van der Waals surface area contributed by atoms with Gasteiger partial charge in [0.25, 0.3) is 11.8 Å². The molecule has 0 saturated heterocycles. The molecule has 0 fully saturated rings. The third kappa shape index (κ3) is 3.50. The van der Waals surface area contributed by atoms with Gasteiger partial charge in [-0.15, -0.1) is 5.06 Å². The van der Waals surface area contributed by atoms with Crippen LogP contribution in [0.25, 0.3) is 0 Å². The average molecular weight is 185 g/mol. The predicted molar refractivity (Wildman–Crippen MR) is 44.1 cm³/mol. The highest BCUT2D eigenvalue weighted by molar-refractivity contribution is 5.94. The maximum absolute atomic E-state index is 11.0. The summed E-state index contributed by atoms with van der Waals surface area (Å²) in [6, 6.07) is 0. The minimum absolute atomic E-state index is 0.0873. The molecule has 0 atom stereocenters. The normalized spacial score (nSPS) is 8.77. The van der Waals surface area contributed by atoms with E-state index in [1.54, 1.807) is 6.92 Å². The maximum Gasteiger partial charge on any atom is 0.356 e. The molecule has 0 radical (unpaired) electrons. The second-order valence-corrected chi connectivity index (χ2v) is 2.18. The van der Waals surface area contributed by atoms with Crippen molar-refractivity contribution in [3.63, 3.8) is 0 Å². The van der Waals surface area contributed by atoms with Crippen LogP contribution < -0.4 is 0 Å². The summed E-state index contributed by atoms with van der Waals surface area (Å²) in [4.78, 5) is 36.8. The number of imide groups is 1. The van der Waals surface area contributed by atoms with Gasteiger partial charge in [0.1, 0.15) is 0 Å². The first-order chi connectivity index (χ1) is 6.02. The van der Waals surface area contributed by atoms with E-state index in [-0.39, 0.29) is 6.42 Å². The van der Waals surface area contributed by atoms with Gasteiger partial charge >= 0.3 is 5.97 Å². The van der Waals surface area contributed by atoms with Crippen LogP contribution in [0.3, 0.4) is 0 Å². The van der Waals surface area contributed by atoms with Crippen molar-refractivity contribution in [2.75, 3.05) is 0 Å². The SMILES string of the molecule is C=CC(=O)ON(C(C)=O)C(=O)CC. The molecule has 0 saturated carbocycles. The monoisotopic (exact) mass is 185 g/mol. The fraction of sp³-hybridized carbons (Fsp3) is 0.375. The third-order valence-corrected chi connectivity index (χ3v) is 1.16. The van der Waals surface area contributed by atoms with Crippen molar-refractivity contribution in [3.05, 3.63) is 12.7 Å². The molecule has 0 aliphatic rings. The summed E-state index contributed by atoms with van der Waals surface area (Å²) < 4.78 is 0. The zero-order valence-electron chi connectivity index (χ0n) is 7.57. The molecule has 0 heterocycles. The van der Waals surface area contributed by atoms with E-state index in [4.69, 9.17) is 0 Å². The van der Waals surface area contributed by atoms with Crippen LogP contribution in [0.15, 0.2) is 12.7 Å². The molecule has 72 valence electrons. The van der Waals surface area contributed by atoms with Crippen LogP contribution in [0.5, 0.6) is 0 Å². The molecular formula is C8H11NO4. The number of rotatable bonds is 2. The van der Waals surface area contributed by atoms with Gasteiger partial charge in [-0.3, -0.25) is 9.59 Å². The van der Waals surface area contributed by atoms with Crippen molar-refractivity contribution >= 4 is 17.8 Å². The van der Waals surface area contributed by atoms with Crippen molar-refractivity contribution in [1.29, 1.82) is 0 Å². The molecule has 0 aromatic rings. The molecule has 0 rings (SSSR count). The lowest BCUT2D eigenvalue weighted by Gasteiger charge is -2.15. The van der Waals surface area contributed by atoms with E-state index in [1.165, 1.54) is 0 Å². The van der Waals surface area contributed by atoms with Crippen LogP contribution in [-0.2, 0) is 19.2 Å². The smallest absolute Gasteiger partial charge is 0.326 e. The lowest BCUT2D eigenvalue weighted by molar-refractivity contribution is -0.197. The highest BCUT2D eigenvalue weighted by atomic mass is 16.7. The molecule has 0 aliphatic heterocycles. The Morgan fingerprint density at radius 3 is 2.31 bits per heavy atom. The number of carbonyl (C=O) groups excluding carboxylic acids is 3. The summed E-state index contributed by atoms with van der Waals surface area (Å²) in [5.74, 6) is -2.04. The predicted octanol–water partition coefficient (Wildman–Crippen LogP) is 0.416. The molecule has 2 amide bonds. The topological polar surface area (TPSA) is 63.7 Å². The van der Waals surface area contributed by atoms with Gasteiger partial charge in [0, 0.05) is 19.4 Å².